The van der Waals surface area contributed by atoms with E-state index in [1.807, 2.05) is 16.7 Å². The summed E-state index contributed by atoms with van der Waals surface area (Å²) in [4.78, 5) is 14.5. The SMILES string of the molecule is CC1CC(C#N)(C(=O)N2CCSC(C)C2C)C1. The summed E-state index contributed by atoms with van der Waals surface area (Å²) in [6.45, 7) is 7.17. The number of hydrogen-bond donors (Lipinski definition) is 0. The van der Waals surface area contributed by atoms with Crippen molar-refractivity contribution in [1.82, 2.24) is 4.90 Å². The molecule has 17 heavy (non-hydrogen) atoms. The van der Waals surface area contributed by atoms with Crippen molar-refractivity contribution in [3.63, 3.8) is 0 Å². The van der Waals surface area contributed by atoms with Crippen LogP contribution in [-0.4, -0.2) is 34.4 Å². The molecule has 0 aromatic carbocycles. The molecule has 1 amide bonds. The lowest BCUT2D eigenvalue weighted by Gasteiger charge is -2.46. The minimum absolute atomic E-state index is 0.0813. The van der Waals surface area contributed by atoms with Gasteiger partial charge in [-0.3, -0.25) is 4.79 Å². The van der Waals surface area contributed by atoms with Gasteiger partial charge in [-0.2, -0.15) is 17.0 Å². The van der Waals surface area contributed by atoms with Gasteiger partial charge < -0.3 is 4.90 Å². The maximum absolute atomic E-state index is 12.5. The van der Waals surface area contributed by atoms with Crippen LogP contribution < -0.4 is 0 Å². The second kappa shape index (κ2) is 4.53. The number of amides is 1. The van der Waals surface area contributed by atoms with Gasteiger partial charge in [0.1, 0.15) is 5.41 Å². The highest BCUT2D eigenvalue weighted by Crippen LogP contribution is 2.47. The lowest BCUT2D eigenvalue weighted by molar-refractivity contribution is -0.147. The Balaban J connectivity index is 2.12. The molecule has 3 nitrogen and oxygen atoms in total. The number of rotatable bonds is 1. The van der Waals surface area contributed by atoms with Crippen molar-refractivity contribution in [2.75, 3.05) is 12.3 Å². The molecule has 1 saturated carbocycles. The van der Waals surface area contributed by atoms with Crippen molar-refractivity contribution in [3.05, 3.63) is 0 Å². The summed E-state index contributed by atoms with van der Waals surface area (Å²) in [5.74, 6) is 1.59. The van der Waals surface area contributed by atoms with E-state index in [1.54, 1.807) is 0 Å². The minimum Gasteiger partial charge on any atom is -0.337 e. The number of hydrogen-bond acceptors (Lipinski definition) is 3. The van der Waals surface area contributed by atoms with E-state index in [1.165, 1.54) is 0 Å². The van der Waals surface area contributed by atoms with Gasteiger partial charge in [-0.05, 0) is 25.7 Å². The molecule has 2 unspecified atom stereocenters. The van der Waals surface area contributed by atoms with Crippen molar-refractivity contribution in [1.29, 1.82) is 5.26 Å². The van der Waals surface area contributed by atoms with Gasteiger partial charge in [-0.25, -0.2) is 0 Å². The number of nitriles is 1. The Bertz CT molecular complexity index is 357. The van der Waals surface area contributed by atoms with Crippen LogP contribution in [-0.2, 0) is 4.79 Å². The van der Waals surface area contributed by atoms with Gasteiger partial charge in [-0.1, -0.05) is 13.8 Å². The lowest BCUT2D eigenvalue weighted by Crippen LogP contribution is -2.56. The fourth-order valence-electron chi connectivity index (χ4n) is 2.94. The van der Waals surface area contributed by atoms with Gasteiger partial charge in [0.2, 0.25) is 5.91 Å². The van der Waals surface area contributed by atoms with Gasteiger partial charge in [0.25, 0.3) is 0 Å². The smallest absolute Gasteiger partial charge is 0.243 e. The first-order valence-electron chi connectivity index (χ1n) is 6.34. The van der Waals surface area contributed by atoms with E-state index in [-0.39, 0.29) is 11.9 Å². The summed E-state index contributed by atoms with van der Waals surface area (Å²) < 4.78 is 0. The normalized spacial score (nSPS) is 41.5. The molecule has 2 atom stereocenters. The van der Waals surface area contributed by atoms with Crippen LogP contribution in [0.2, 0.25) is 0 Å². The molecule has 1 heterocycles. The summed E-state index contributed by atoms with van der Waals surface area (Å²) in [7, 11) is 0. The lowest BCUT2D eigenvalue weighted by atomic mass is 9.62. The molecular weight excluding hydrogens is 232 g/mol. The molecule has 1 aliphatic carbocycles. The maximum Gasteiger partial charge on any atom is 0.243 e. The van der Waals surface area contributed by atoms with Crippen LogP contribution in [0.25, 0.3) is 0 Å². The molecular formula is C13H20N2OS. The molecule has 94 valence electrons. The molecule has 1 saturated heterocycles. The highest BCUT2D eigenvalue weighted by Gasteiger charge is 2.51. The first-order valence-corrected chi connectivity index (χ1v) is 7.39. The van der Waals surface area contributed by atoms with Crippen LogP contribution in [0.4, 0.5) is 0 Å². The highest BCUT2D eigenvalue weighted by atomic mass is 32.2. The van der Waals surface area contributed by atoms with Crippen LogP contribution in [0.3, 0.4) is 0 Å². The molecule has 0 aromatic heterocycles. The molecule has 0 bridgehead atoms. The monoisotopic (exact) mass is 252 g/mol. The van der Waals surface area contributed by atoms with Crippen LogP contribution in [0, 0.1) is 22.7 Å². The van der Waals surface area contributed by atoms with Gasteiger partial charge >= 0.3 is 0 Å². The Labute approximate surface area is 108 Å². The van der Waals surface area contributed by atoms with E-state index in [0.29, 0.717) is 11.2 Å². The molecule has 0 radical (unpaired) electrons. The predicted molar refractivity (Wildman–Crippen MR) is 69.5 cm³/mol. The Hall–Kier alpha value is -0.690. The summed E-state index contributed by atoms with van der Waals surface area (Å²) >= 11 is 1.91. The number of carbonyl (C=O) groups is 1. The zero-order valence-corrected chi connectivity index (χ0v) is 11.6. The van der Waals surface area contributed by atoms with E-state index < -0.39 is 5.41 Å². The molecule has 0 aromatic rings. The Kier molecular flexibility index (Phi) is 3.40. The van der Waals surface area contributed by atoms with Gasteiger partial charge in [0.05, 0.1) is 6.07 Å². The van der Waals surface area contributed by atoms with E-state index >= 15 is 0 Å². The Morgan fingerprint density at radius 2 is 2.06 bits per heavy atom. The predicted octanol–water partition coefficient (Wildman–Crippen LogP) is 2.28. The third-order valence-corrected chi connectivity index (χ3v) is 5.50. The standard InChI is InChI=1S/C13H20N2OS/c1-9-6-13(7-9,8-14)12(16)15-4-5-17-11(3)10(15)2/h9-11H,4-7H2,1-3H3. The van der Waals surface area contributed by atoms with Crippen LogP contribution in [0.5, 0.6) is 0 Å². The van der Waals surface area contributed by atoms with Crippen LogP contribution >= 0.6 is 11.8 Å². The molecule has 2 rings (SSSR count). The zero-order valence-electron chi connectivity index (χ0n) is 10.8. The van der Waals surface area contributed by atoms with Gasteiger partial charge in [-0.15, -0.1) is 0 Å². The van der Waals surface area contributed by atoms with Gasteiger partial charge in [0.15, 0.2) is 0 Å². The molecule has 1 aliphatic heterocycles. The zero-order chi connectivity index (χ0) is 12.6. The average Bonchev–Trinajstić information content (AvgIpc) is 2.27. The summed E-state index contributed by atoms with van der Waals surface area (Å²) in [6, 6.07) is 2.53. The van der Waals surface area contributed by atoms with Crippen molar-refractivity contribution in [2.24, 2.45) is 11.3 Å². The summed E-state index contributed by atoms with van der Waals surface area (Å²) in [6.07, 6.45) is 1.49. The fraction of sp³-hybridized carbons (Fsp3) is 0.846. The van der Waals surface area contributed by atoms with Crippen LogP contribution in [0.1, 0.15) is 33.6 Å². The maximum atomic E-state index is 12.5. The number of thioether (sulfide) groups is 1. The van der Waals surface area contributed by atoms with Crippen molar-refractivity contribution >= 4 is 17.7 Å². The highest BCUT2D eigenvalue weighted by molar-refractivity contribution is 8.00. The first kappa shape index (κ1) is 12.8. The first-order chi connectivity index (χ1) is 8.00. The third kappa shape index (κ3) is 2.06. The molecule has 0 spiro atoms. The quantitative estimate of drug-likeness (QED) is 0.719. The molecule has 2 aliphatic rings. The third-order valence-electron chi connectivity index (χ3n) is 4.16. The van der Waals surface area contributed by atoms with Crippen molar-refractivity contribution < 1.29 is 4.79 Å². The minimum atomic E-state index is -0.699. The second-order valence-corrected chi connectivity index (χ2v) is 7.01. The summed E-state index contributed by atoms with van der Waals surface area (Å²) in [5.41, 5.74) is -0.699. The summed E-state index contributed by atoms with van der Waals surface area (Å²) in [5, 5.41) is 9.78. The second-order valence-electron chi connectivity index (χ2n) is 5.52. The van der Waals surface area contributed by atoms with E-state index in [2.05, 4.69) is 26.8 Å². The fourth-order valence-corrected chi connectivity index (χ4v) is 4.04. The van der Waals surface area contributed by atoms with E-state index in [9.17, 15) is 10.1 Å². The molecule has 0 N–H and O–H groups in total. The average molecular weight is 252 g/mol. The molecule has 2 fully saturated rings. The Morgan fingerprint density at radius 3 is 2.59 bits per heavy atom. The largest absolute Gasteiger partial charge is 0.337 e. The van der Waals surface area contributed by atoms with Crippen molar-refractivity contribution in [2.45, 2.75) is 44.9 Å². The van der Waals surface area contributed by atoms with E-state index in [0.717, 1.165) is 25.1 Å². The number of nitrogens with zero attached hydrogens (tertiary/aromatic N) is 2. The van der Waals surface area contributed by atoms with E-state index in [4.69, 9.17) is 0 Å². The van der Waals surface area contributed by atoms with Crippen molar-refractivity contribution in [3.8, 4) is 6.07 Å². The number of carbonyl (C=O) groups excluding carboxylic acids is 1. The topological polar surface area (TPSA) is 44.1 Å². The van der Waals surface area contributed by atoms with Crippen LogP contribution in [0.15, 0.2) is 0 Å². The van der Waals surface area contributed by atoms with Gasteiger partial charge in [0, 0.05) is 23.6 Å². The molecule has 4 heteroatoms. The Morgan fingerprint density at radius 1 is 1.41 bits per heavy atom.